The Balaban J connectivity index is 1.57. The summed E-state index contributed by atoms with van der Waals surface area (Å²) in [7, 11) is 1.50. The van der Waals surface area contributed by atoms with Crippen LogP contribution < -0.4 is 11.1 Å². The number of amides is 1. The van der Waals surface area contributed by atoms with Crippen molar-refractivity contribution in [1.29, 1.82) is 0 Å². The number of rotatable bonds is 3. The minimum absolute atomic E-state index is 0.0622. The highest BCUT2D eigenvalue weighted by Gasteiger charge is 2.76. The molecule has 28 heavy (non-hydrogen) atoms. The van der Waals surface area contributed by atoms with E-state index in [-0.39, 0.29) is 28.8 Å². The highest BCUT2D eigenvalue weighted by atomic mass is 16.6. The summed E-state index contributed by atoms with van der Waals surface area (Å²) in [5.41, 5.74) is 5.08. The van der Waals surface area contributed by atoms with Gasteiger partial charge in [0.05, 0.1) is 18.1 Å². The number of nitrogen functional groups attached to an aromatic ring is 1. The zero-order chi connectivity index (χ0) is 19.8. The van der Waals surface area contributed by atoms with Gasteiger partial charge in [0.1, 0.15) is 23.8 Å². The maximum atomic E-state index is 11.7. The third kappa shape index (κ3) is 2.06. The quantitative estimate of drug-likeness (QED) is 0.316. The van der Waals surface area contributed by atoms with Crippen LogP contribution in [0.3, 0.4) is 0 Å². The molecule has 0 aromatic carbocycles. The van der Waals surface area contributed by atoms with Gasteiger partial charge in [0.2, 0.25) is 0 Å². The van der Waals surface area contributed by atoms with Crippen molar-refractivity contribution in [3.63, 3.8) is 0 Å². The van der Waals surface area contributed by atoms with Crippen molar-refractivity contribution < 1.29 is 24.9 Å². The van der Waals surface area contributed by atoms with Gasteiger partial charge in [-0.05, 0) is 0 Å². The number of ether oxygens (including phenoxy) is 1. The molecule has 1 saturated carbocycles. The summed E-state index contributed by atoms with van der Waals surface area (Å²) in [5, 5.41) is 36.8. The molecule has 3 aromatic heterocycles. The second-order valence-corrected chi connectivity index (χ2v) is 6.71. The van der Waals surface area contributed by atoms with Crippen molar-refractivity contribution in [2.75, 3.05) is 12.8 Å². The standard InChI is InChI=1S/C15H16N8O5/c1-17-12(26)5-2-19-23(3-5)14-20-10(16)6-11(21-14)22(4-18-6)13-8(25)15(27)7(24)9(15)28-13/h2-4,7-9,13,24-25,27H,1H3,(H,17,26)(H2,16,20,21)/t7?,8-,9+,13?,15-/m0/s1. The summed E-state index contributed by atoms with van der Waals surface area (Å²) in [6.45, 7) is 0. The van der Waals surface area contributed by atoms with Gasteiger partial charge in [-0.3, -0.25) is 9.36 Å². The third-order valence-electron chi connectivity index (χ3n) is 5.12. The van der Waals surface area contributed by atoms with E-state index in [2.05, 4.69) is 25.4 Å². The summed E-state index contributed by atoms with van der Waals surface area (Å²) in [6.07, 6.45) is -0.268. The normalized spacial score (nSPS) is 31.1. The van der Waals surface area contributed by atoms with Crippen LogP contribution in [0.1, 0.15) is 16.6 Å². The molecule has 2 aliphatic rings. The molecule has 1 aliphatic heterocycles. The minimum atomic E-state index is -1.72. The van der Waals surface area contributed by atoms with Gasteiger partial charge in [0.25, 0.3) is 11.9 Å². The largest absolute Gasteiger partial charge is 0.387 e. The summed E-state index contributed by atoms with van der Waals surface area (Å²) in [4.78, 5) is 24.4. The van der Waals surface area contributed by atoms with Crippen molar-refractivity contribution >= 4 is 22.9 Å². The Morgan fingerprint density at radius 1 is 1.36 bits per heavy atom. The molecule has 0 spiro atoms. The number of aliphatic hydroxyl groups excluding tert-OH is 2. The van der Waals surface area contributed by atoms with Gasteiger partial charge in [-0.1, -0.05) is 0 Å². The lowest BCUT2D eigenvalue weighted by atomic mass is 10.1. The molecule has 1 saturated heterocycles. The Kier molecular flexibility index (Phi) is 3.31. The molecule has 13 nitrogen and oxygen atoms in total. The van der Waals surface area contributed by atoms with Gasteiger partial charge in [0.15, 0.2) is 23.3 Å². The summed E-state index contributed by atoms with van der Waals surface area (Å²) in [6, 6.07) is 0. The van der Waals surface area contributed by atoms with Crippen LogP contribution in [0.4, 0.5) is 5.82 Å². The number of nitrogens with two attached hydrogens (primary N) is 1. The molecule has 2 fully saturated rings. The monoisotopic (exact) mass is 388 g/mol. The maximum absolute atomic E-state index is 11.7. The van der Waals surface area contributed by atoms with Crippen LogP contribution in [-0.2, 0) is 4.74 Å². The first-order valence-corrected chi connectivity index (χ1v) is 8.37. The van der Waals surface area contributed by atoms with E-state index >= 15 is 0 Å². The fourth-order valence-electron chi connectivity index (χ4n) is 3.45. The SMILES string of the molecule is CNC(=O)c1cnn(-c2nc(N)c3ncn(C4O[C@@H]5C(O)[C@]5(O)[C@H]4O)c3n2)c1. The Bertz CT molecular complexity index is 1110. The smallest absolute Gasteiger partial charge is 0.254 e. The first kappa shape index (κ1) is 17.0. The number of carbonyl (C=O) groups excluding carboxylic acids is 1. The number of hydrogen-bond donors (Lipinski definition) is 5. The molecular weight excluding hydrogens is 372 g/mol. The molecular formula is C15H16N8O5. The van der Waals surface area contributed by atoms with Crippen LogP contribution >= 0.6 is 0 Å². The molecule has 4 heterocycles. The molecule has 5 rings (SSSR count). The average Bonchev–Trinajstić information content (AvgIpc) is 3.18. The molecule has 0 radical (unpaired) electrons. The van der Waals surface area contributed by atoms with Gasteiger partial charge < -0.3 is 31.1 Å². The lowest BCUT2D eigenvalue weighted by Crippen LogP contribution is -2.36. The Labute approximate surface area is 156 Å². The van der Waals surface area contributed by atoms with Gasteiger partial charge >= 0.3 is 0 Å². The lowest BCUT2D eigenvalue weighted by Gasteiger charge is -2.22. The highest BCUT2D eigenvalue weighted by Crippen LogP contribution is 2.53. The number of aromatic nitrogens is 6. The van der Waals surface area contributed by atoms with Crippen LogP contribution in [0.15, 0.2) is 18.7 Å². The van der Waals surface area contributed by atoms with E-state index in [1.165, 1.54) is 35.0 Å². The van der Waals surface area contributed by atoms with E-state index in [9.17, 15) is 20.1 Å². The van der Waals surface area contributed by atoms with Crippen LogP contribution in [0.2, 0.25) is 0 Å². The zero-order valence-electron chi connectivity index (χ0n) is 14.5. The fraction of sp³-hybridized carbons (Fsp3) is 0.400. The maximum Gasteiger partial charge on any atom is 0.254 e. The van der Waals surface area contributed by atoms with Crippen molar-refractivity contribution in [3.8, 4) is 5.95 Å². The topological polar surface area (TPSA) is 186 Å². The fourth-order valence-corrected chi connectivity index (χ4v) is 3.45. The molecule has 1 aliphatic carbocycles. The summed E-state index contributed by atoms with van der Waals surface area (Å²) < 4.78 is 8.23. The average molecular weight is 388 g/mol. The first-order chi connectivity index (χ1) is 13.4. The Hall–Kier alpha value is -3.13. The van der Waals surface area contributed by atoms with Crippen LogP contribution in [0, 0.1) is 0 Å². The molecule has 3 aromatic rings. The predicted molar refractivity (Wildman–Crippen MR) is 91.1 cm³/mol. The third-order valence-corrected chi connectivity index (χ3v) is 5.12. The van der Waals surface area contributed by atoms with E-state index in [1.54, 1.807) is 0 Å². The second kappa shape index (κ2) is 5.45. The van der Waals surface area contributed by atoms with E-state index in [1.807, 2.05) is 0 Å². The molecule has 1 amide bonds. The molecule has 5 atom stereocenters. The number of hydrogen-bond acceptors (Lipinski definition) is 10. The van der Waals surface area contributed by atoms with Crippen molar-refractivity contribution in [2.24, 2.45) is 0 Å². The van der Waals surface area contributed by atoms with Gasteiger partial charge in [-0.2, -0.15) is 15.1 Å². The number of fused-ring (bicyclic) bond motifs is 2. The Morgan fingerprint density at radius 2 is 2.14 bits per heavy atom. The van der Waals surface area contributed by atoms with Gasteiger partial charge in [-0.25, -0.2) is 9.67 Å². The summed E-state index contributed by atoms with van der Waals surface area (Å²) >= 11 is 0. The van der Waals surface area contributed by atoms with E-state index in [4.69, 9.17) is 10.5 Å². The van der Waals surface area contributed by atoms with E-state index < -0.39 is 30.1 Å². The van der Waals surface area contributed by atoms with E-state index in [0.717, 1.165) is 0 Å². The second-order valence-electron chi connectivity index (χ2n) is 6.71. The zero-order valence-corrected chi connectivity index (χ0v) is 14.5. The van der Waals surface area contributed by atoms with Gasteiger partial charge in [0, 0.05) is 13.2 Å². The van der Waals surface area contributed by atoms with E-state index in [0.29, 0.717) is 5.56 Å². The number of aliphatic hydroxyl groups is 3. The van der Waals surface area contributed by atoms with Crippen molar-refractivity contribution in [1.82, 2.24) is 34.6 Å². The van der Waals surface area contributed by atoms with Crippen LogP contribution in [0.5, 0.6) is 0 Å². The van der Waals surface area contributed by atoms with Crippen LogP contribution in [-0.4, -0.2) is 81.5 Å². The predicted octanol–water partition coefficient (Wildman–Crippen LogP) is -2.68. The molecule has 2 unspecified atom stereocenters. The molecule has 0 bridgehead atoms. The first-order valence-electron chi connectivity index (χ1n) is 8.37. The number of nitrogens with zero attached hydrogens (tertiary/aromatic N) is 6. The van der Waals surface area contributed by atoms with Crippen molar-refractivity contribution in [2.45, 2.75) is 30.1 Å². The number of imidazole rings is 1. The highest BCUT2D eigenvalue weighted by molar-refractivity contribution is 5.93. The van der Waals surface area contributed by atoms with Crippen molar-refractivity contribution in [3.05, 3.63) is 24.3 Å². The molecule has 13 heteroatoms. The minimum Gasteiger partial charge on any atom is -0.387 e. The summed E-state index contributed by atoms with van der Waals surface area (Å²) in [5.74, 6) is -0.177. The van der Waals surface area contributed by atoms with Crippen LogP contribution in [0.25, 0.3) is 17.1 Å². The number of anilines is 1. The van der Waals surface area contributed by atoms with Gasteiger partial charge in [-0.15, -0.1) is 0 Å². The number of carbonyl (C=O) groups is 1. The lowest BCUT2D eigenvalue weighted by molar-refractivity contribution is -0.0942. The Morgan fingerprint density at radius 3 is 2.82 bits per heavy atom. The number of nitrogens with one attached hydrogen (secondary N) is 1. The molecule has 146 valence electrons. The molecule has 6 N–H and O–H groups in total.